The maximum atomic E-state index is 14.3. The summed E-state index contributed by atoms with van der Waals surface area (Å²) in [5.74, 6) is -8.60. The Bertz CT molecular complexity index is 2690. The van der Waals surface area contributed by atoms with Crippen molar-refractivity contribution >= 4 is 43.9 Å². The van der Waals surface area contributed by atoms with Gasteiger partial charge in [-0.25, -0.2) is 0 Å². The third-order valence-corrected chi connectivity index (χ3v) is 11.0. The highest BCUT2D eigenvalue weighted by Gasteiger charge is 2.49. The van der Waals surface area contributed by atoms with Crippen molar-refractivity contribution in [1.82, 2.24) is 0 Å². The van der Waals surface area contributed by atoms with Gasteiger partial charge in [-0.3, -0.25) is 9.59 Å². The number of hydrogen-bond donors (Lipinski definition) is 16. The van der Waals surface area contributed by atoms with Gasteiger partial charge in [0.2, 0.25) is 10.9 Å². The Hall–Kier alpha value is -6.18. The minimum atomic E-state index is -2.29. The molecule has 22 heteroatoms. The number of ether oxygens (including phenoxy) is 2. The summed E-state index contributed by atoms with van der Waals surface area (Å²) in [7, 11) is 0. The van der Waals surface area contributed by atoms with Gasteiger partial charge < -0.3 is 100 Å². The van der Waals surface area contributed by atoms with Gasteiger partial charge in [-0.2, -0.15) is 0 Å². The van der Waals surface area contributed by atoms with E-state index >= 15 is 0 Å². The first-order valence-electron chi connectivity index (χ1n) is 17.8. The van der Waals surface area contributed by atoms with Gasteiger partial charge in [0, 0.05) is 12.1 Å². The van der Waals surface area contributed by atoms with Crippen LogP contribution in [0, 0.1) is 0 Å². The van der Waals surface area contributed by atoms with Crippen molar-refractivity contribution in [3.05, 3.63) is 55.8 Å². The Balaban J connectivity index is 1.61. The van der Waals surface area contributed by atoms with Gasteiger partial charge in [-0.05, 0) is 12.1 Å². The summed E-state index contributed by atoms with van der Waals surface area (Å²) in [5, 5.41) is 171. The largest absolute Gasteiger partial charge is 0.507 e. The van der Waals surface area contributed by atoms with E-state index in [4.69, 9.17) is 18.3 Å². The average Bonchev–Trinajstić information content (AvgIpc) is 3.20. The lowest BCUT2D eigenvalue weighted by atomic mass is 9.84. The molecule has 60 heavy (non-hydrogen) atoms. The quantitative estimate of drug-likeness (QED) is 0.0697. The van der Waals surface area contributed by atoms with E-state index < -0.39 is 197 Å². The summed E-state index contributed by atoms with van der Waals surface area (Å²) in [6.07, 6.45) is -20.6. The Labute approximate surface area is 330 Å². The molecular weight excluding hydrogens is 808 g/mol. The first-order valence-corrected chi connectivity index (χ1v) is 17.8. The van der Waals surface area contributed by atoms with Gasteiger partial charge >= 0.3 is 0 Å². The molecule has 0 radical (unpaired) electrons. The van der Waals surface area contributed by atoms with Crippen molar-refractivity contribution in [3.8, 4) is 57.1 Å². The summed E-state index contributed by atoms with van der Waals surface area (Å²) in [6.45, 7) is -2.04. The molecule has 0 aliphatic carbocycles. The highest BCUT2D eigenvalue weighted by Crippen LogP contribution is 2.57. The van der Waals surface area contributed by atoms with Gasteiger partial charge in [0.1, 0.15) is 106 Å². The second kappa shape index (κ2) is 14.2. The van der Waals surface area contributed by atoms with Crippen molar-refractivity contribution in [2.45, 2.75) is 61.0 Å². The van der Waals surface area contributed by atoms with Crippen molar-refractivity contribution < 1.29 is 100 Å². The van der Waals surface area contributed by atoms with E-state index in [9.17, 15) is 91.3 Å². The number of hydrogen-bond acceptors (Lipinski definition) is 22. The van der Waals surface area contributed by atoms with Gasteiger partial charge in [-0.15, -0.1) is 0 Å². The number of phenols is 8. The van der Waals surface area contributed by atoms with Crippen LogP contribution in [-0.2, 0) is 9.47 Å². The summed E-state index contributed by atoms with van der Waals surface area (Å²) in [5.41, 5.74) is -9.54. The summed E-state index contributed by atoms with van der Waals surface area (Å²) >= 11 is 0. The molecule has 2 aliphatic heterocycles. The van der Waals surface area contributed by atoms with Crippen molar-refractivity contribution in [1.29, 1.82) is 0 Å². The van der Waals surface area contributed by atoms with Crippen LogP contribution in [0.25, 0.3) is 55.0 Å². The van der Waals surface area contributed by atoms with E-state index in [1.54, 1.807) is 0 Å². The summed E-state index contributed by atoms with van der Waals surface area (Å²) in [6, 6.07) is 2.94. The van der Waals surface area contributed by atoms with Gasteiger partial charge in [-0.1, -0.05) is 0 Å². The standard InChI is InChI=1S/C38H34O22/c39-5-15-25(47)31(53)33(55)37(59-15)21-27(49)17(35-19(29(21)51)23(45)7-1-9(41)11(43)3-13(7)57-35)18-28(50)22(38-34(56)32(54)26(48)16(6-40)60-38)30(52)20-24(46)8-2-10(42)12(44)4-14(8)58-36(18)20/h1-4,15-16,25-26,31-34,37-44,47-56H,5-6H2. The molecule has 318 valence electrons. The number of phenolic OH excluding ortho intramolecular Hbond substituents is 8. The van der Waals surface area contributed by atoms with E-state index in [0.29, 0.717) is 0 Å². The fourth-order valence-electron chi connectivity index (χ4n) is 7.88. The zero-order valence-corrected chi connectivity index (χ0v) is 30.1. The molecule has 22 nitrogen and oxygen atoms in total. The molecule has 4 heterocycles. The van der Waals surface area contributed by atoms with Gasteiger partial charge in [0.05, 0.1) is 46.2 Å². The summed E-state index contributed by atoms with van der Waals surface area (Å²) in [4.78, 5) is 28.7. The minimum absolute atomic E-state index is 0.543. The lowest BCUT2D eigenvalue weighted by molar-refractivity contribution is -0.232. The molecule has 0 bridgehead atoms. The smallest absolute Gasteiger partial charge is 0.204 e. The van der Waals surface area contributed by atoms with E-state index in [2.05, 4.69) is 0 Å². The van der Waals surface area contributed by atoms with Crippen LogP contribution in [0.1, 0.15) is 23.3 Å². The fraction of sp³-hybridized carbons (Fsp3) is 0.316. The first-order chi connectivity index (χ1) is 28.3. The molecule has 0 spiro atoms. The Kier molecular flexibility index (Phi) is 9.63. The number of aromatic hydroxyl groups is 8. The molecule has 4 aromatic carbocycles. The maximum Gasteiger partial charge on any atom is 0.204 e. The third kappa shape index (κ3) is 5.66. The molecule has 10 unspecified atom stereocenters. The van der Waals surface area contributed by atoms with Crippen LogP contribution in [0.4, 0.5) is 0 Å². The monoisotopic (exact) mass is 842 g/mol. The topological polar surface area (TPSA) is 403 Å². The lowest BCUT2D eigenvalue weighted by Gasteiger charge is -2.41. The zero-order chi connectivity index (χ0) is 43.5. The normalized spacial score (nSPS) is 27.3. The number of aliphatic hydroxyl groups is 8. The second-order valence-electron chi connectivity index (χ2n) is 14.4. The van der Waals surface area contributed by atoms with Crippen LogP contribution >= 0.6 is 0 Å². The molecule has 6 aromatic rings. The molecule has 2 aliphatic rings. The van der Waals surface area contributed by atoms with E-state index in [-0.39, 0.29) is 0 Å². The minimum Gasteiger partial charge on any atom is -0.507 e. The fourth-order valence-corrected chi connectivity index (χ4v) is 7.88. The van der Waals surface area contributed by atoms with Crippen molar-refractivity contribution in [2.24, 2.45) is 0 Å². The SMILES string of the molecule is O=c1c2cc(O)c(O)cc2oc2c(-c3c(O)c(C4OC(CO)C(O)C(O)C4O)c(O)c4c(=O)c5cc(O)c(O)cc5oc34)c(O)c(C3OC(CO)C(O)C(O)C3O)c(O)c12. The third-order valence-electron chi connectivity index (χ3n) is 11.0. The van der Waals surface area contributed by atoms with Crippen molar-refractivity contribution in [3.63, 3.8) is 0 Å². The van der Waals surface area contributed by atoms with Gasteiger partial charge in [0.15, 0.2) is 34.2 Å². The maximum absolute atomic E-state index is 14.3. The predicted molar refractivity (Wildman–Crippen MR) is 198 cm³/mol. The van der Waals surface area contributed by atoms with Crippen LogP contribution in [0.5, 0.6) is 46.0 Å². The molecule has 10 atom stereocenters. The summed E-state index contributed by atoms with van der Waals surface area (Å²) < 4.78 is 23.1. The Morgan fingerprint density at radius 3 is 1.12 bits per heavy atom. The van der Waals surface area contributed by atoms with Crippen LogP contribution in [0.3, 0.4) is 0 Å². The van der Waals surface area contributed by atoms with Crippen LogP contribution in [0.15, 0.2) is 42.7 Å². The van der Waals surface area contributed by atoms with Crippen LogP contribution in [-0.4, -0.2) is 144 Å². The van der Waals surface area contributed by atoms with Crippen LogP contribution in [0.2, 0.25) is 0 Å². The Morgan fingerprint density at radius 2 is 0.783 bits per heavy atom. The molecule has 2 saturated heterocycles. The highest BCUT2D eigenvalue weighted by atomic mass is 16.6. The lowest BCUT2D eigenvalue weighted by Crippen LogP contribution is -2.55. The molecule has 8 rings (SSSR count). The zero-order valence-electron chi connectivity index (χ0n) is 30.1. The molecule has 2 fully saturated rings. The predicted octanol–water partition coefficient (Wildman–Crippen LogP) is -1.45. The van der Waals surface area contributed by atoms with E-state index in [1.165, 1.54) is 0 Å². The van der Waals surface area contributed by atoms with E-state index in [0.717, 1.165) is 24.3 Å². The number of rotatable bonds is 5. The molecular formula is C38H34O22. The number of aliphatic hydroxyl groups excluding tert-OH is 8. The van der Waals surface area contributed by atoms with Gasteiger partial charge in [0.25, 0.3) is 0 Å². The van der Waals surface area contributed by atoms with E-state index in [1.807, 2.05) is 0 Å². The second-order valence-corrected chi connectivity index (χ2v) is 14.4. The molecule has 16 N–H and O–H groups in total. The van der Waals surface area contributed by atoms with Crippen molar-refractivity contribution in [2.75, 3.05) is 13.2 Å². The molecule has 0 saturated carbocycles. The van der Waals surface area contributed by atoms with Crippen LogP contribution < -0.4 is 10.9 Å². The number of fused-ring (bicyclic) bond motifs is 4. The first kappa shape index (κ1) is 40.6. The Morgan fingerprint density at radius 1 is 0.450 bits per heavy atom. The highest BCUT2D eigenvalue weighted by molar-refractivity contribution is 6.13. The molecule has 2 aromatic heterocycles. The molecule has 0 amide bonds. The average molecular weight is 843 g/mol. The number of benzene rings is 4.